The molecule has 0 spiro atoms. The molecule has 0 unspecified atom stereocenters. The lowest BCUT2D eigenvalue weighted by Gasteiger charge is -2.34. The fourth-order valence-electron chi connectivity index (χ4n) is 3.25. The lowest BCUT2D eigenvalue weighted by Crippen LogP contribution is -2.46. The van der Waals surface area contributed by atoms with Gasteiger partial charge in [-0.3, -0.25) is 4.79 Å². The van der Waals surface area contributed by atoms with E-state index in [-0.39, 0.29) is 5.91 Å². The summed E-state index contributed by atoms with van der Waals surface area (Å²) in [6.45, 7) is 6.60. The zero-order valence-corrected chi connectivity index (χ0v) is 13.4. The second-order valence-electron chi connectivity index (χ2n) is 6.40. The van der Waals surface area contributed by atoms with Crippen LogP contribution < -0.4 is 5.32 Å². The average molecular weight is 296 g/mol. The zero-order valence-electron chi connectivity index (χ0n) is 13.4. The number of likely N-dealkylation sites (tertiary alicyclic amines) is 1. The SMILES string of the molecule is CC(C)N1CCC(NC(=O)c2cccc3ccccc23)CC1. The van der Waals surface area contributed by atoms with Crippen LogP contribution in [0, 0.1) is 0 Å². The van der Waals surface area contributed by atoms with E-state index >= 15 is 0 Å². The standard InChI is InChI=1S/C19H24N2O/c1-14(2)21-12-10-16(11-13-21)20-19(22)18-9-5-7-15-6-3-4-8-17(15)18/h3-9,14,16H,10-13H2,1-2H3,(H,20,22). The van der Waals surface area contributed by atoms with Crippen LogP contribution in [0.3, 0.4) is 0 Å². The number of nitrogens with one attached hydrogen (secondary N) is 1. The van der Waals surface area contributed by atoms with Crippen molar-refractivity contribution < 1.29 is 4.79 Å². The van der Waals surface area contributed by atoms with E-state index in [2.05, 4.69) is 24.1 Å². The van der Waals surface area contributed by atoms with Crippen LogP contribution in [0.4, 0.5) is 0 Å². The van der Waals surface area contributed by atoms with Gasteiger partial charge in [0.2, 0.25) is 0 Å². The van der Waals surface area contributed by atoms with Gasteiger partial charge in [0, 0.05) is 30.7 Å². The highest BCUT2D eigenvalue weighted by Gasteiger charge is 2.22. The first-order chi connectivity index (χ1) is 10.6. The van der Waals surface area contributed by atoms with Crippen molar-refractivity contribution >= 4 is 16.7 Å². The lowest BCUT2D eigenvalue weighted by molar-refractivity contribution is 0.0902. The molecule has 0 atom stereocenters. The summed E-state index contributed by atoms with van der Waals surface area (Å²) in [6.07, 6.45) is 2.07. The third-order valence-corrected chi connectivity index (χ3v) is 4.63. The van der Waals surface area contributed by atoms with Gasteiger partial charge in [-0.15, -0.1) is 0 Å². The maximum Gasteiger partial charge on any atom is 0.252 e. The summed E-state index contributed by atoms with van der Waals surface area (Å²) in [5.74, 6) is 0.0554. The van der Waals surface area contributed by atoms with E-state index in [1.54, 1.807) is 0 Å². The summed E-state index contributed by atoms with van der Waals surface area (Å²) < 4.78 is 0. The quantitative estimate of drug-likeness (QED) is 0.941. The monoisotopic (exact) mass is 296 g/mol. The van der Waals surface area contributed by atoms with E-state index in [4.69, 9.17) is 0 Å². The van der Waals surface area contributed by atoms with Gasteiger partial charge in [0.15, 0.2) is 0 Å². The normalized spacial score (nSPS) is 17.0. The summed E-state index contributed by atoms with van der Waals surface area (Å²) >= 11 is 0. The predicted octanol–water partition coefficient (Wildman–Crippen LogP) is 3.44. The van der Waals surface area contributed by atoms with Crippen LogP contribution in [-0.4, -0.2) is 36.0 Å². The number of hydrogen-bond acceptors (Lipinski definition) is 2. The summed E-state index contributed by atoms with van der Waals surface area (Å²) in [7, 11) is 0. The van der Waals surface area contributed by atoms with Crippen molar-refractivity contribution in [2.75, 3.05) is 13.1 Å². The van der Waals surface area contributed by atoms with Crippen LogP contribution in [0.2, 0.25) is 0 Å². The van der Waals surface area contributed by atoms with Crippen LogP contribution in [-0.2, 0) is 0 Å². The van der Waals surface area contributed by atoms with Crippen LogP contribution in [0.1, 0.15) is 37.0 Å². The highest BCUT2D eigenvalue weighted by atomic mass is 16.1. The predicted molar refractivity (Wildman–Crippen MR) is 91.1 cm³/mol. The fourth-order valence-corrected chi connectivity index (χ4v) is 3.25. The molecule has 0 saturated carbocycles. The van der Waals surface area contributed by atoms with Crippen molar-refractivity contribution in [3.63, 3.8) is 0 Å². The lowest BCUT2D eigenvalue weighted by atomic mass is 10.0. The largest absolute Gasteiger partial charge is 0.349 e. The van der Waals surface area contributed by atoms with Crippen LogP contribution in [0.25, 0.3) is 10.8 Å². The average Bonchev–Trinajstić information content (AvgIpc) is 2.54. The molecule has 116 valence electrons. The van der Waals surface area contributed by atoms with Crippen molar-refractivity contribution in [3.8, 4) is 0 Å². The number of carbonyl (C=O) groups is 1. The molecule has 1 aliphatic heterocycles. The topological polar surface area (TPSA) is 32.3 Å². The van der Waals surface area contributed by atoms with Gasteiger partial charge in [-0.2, -0.15) is 0 Å². The summed E-state index contributed by atoms with van der Waals surface area (Å²) in [5, 5.41) is 5.37. The number of rotatable bonds is 3. The van der Waals surface area contributed by atoms with Crippen molar-refractivity contribution in [2.45, 2.75) is 38.8 Å². The van der Waals surface area contributed by atoms with E-state index in [9.17, 15) is 4.79 Å². The van der Waals surface area contributed by atoms with Gasteiger partial charge in [0.25, 0.3) is 5.91 Å². The molecule has 2 aromatic rings. The molecular weight excluding hydrogens is 272 g/mol. The highest BCUT2D eigenvalue weighted by Crippen LogP contribution is 2.19. The minimum atomic E-state index is 0.0554. The number of fused-ring (bicyclic) bond motifs is 1. The summed E-state index contributed by atoms with van der Waals surface area (Å²) in [4.78, 5) is 15.1. The Balaban J connectivity index is 1.70. The number of benzene rings is 2. The third-order valence-electron chi connectivity index (χ3n) is 4.63. The minimum Gasteiger partial charge on any atom is -0.349 e. The maximum atomic E-state index is 12.6. The molecule has 22 heavy (non-hydrogen) atoms. The first kappa shape index (κ1) is 15.0. The fraction of sp³-hybridized carbons (Fsp3) is 0.421. The number of piperidine rings is 1. The number of carbonyl (C=O) groups excluding carboxylic acids is 1. The van der Waals surface area contributed by atoms with Gasteiger partial charge in [-0.1, -0.05) is 36.4 Å². The van der Waals surface area contributed by atoms with Crippen molar-refractivity contribution in [2.24, 2.45) is 0 Å². The summed E-state index contributed by atoms with van der Waals surface area (Å²) in [5.41, 5.74) is 0.782. The molecule has 2 aromatic carbocycles. The zero-order chi connectivity index (χ0) is 15.5. The number of nitrogens with zero attached hydrogens (tertiary/aromatic N) is 1. The molecule has 0 bridgehead atoms. The molecule has 0 radical (unpaired) electrons. The highest BCUT2D eigenvalue weighted by molar-refractivity contribution is 6.07. The van der Waals surface area contributed by atoms with E-state index < -0.39 is 0 Å². The third kappa shape index (κ3) is 3.14. The number of hydrogen-bond donors (Lipinski definition) is 1. The van der Waals surface area contributed by atoms with E-state index in [1.807, 2.05) is 42.5 Å². The Labute approximate surface area is 132 Å². The minimum absolute atomic E-state index is 0.0554. The van der Waals surface area contributed by atoms with Crippen molar-refractivity contribution in [1.82, 2.24) is 10.2 Å². The second-order valence-corrected chi connectivity index (χ2v) is 6.40. The maximum absolute atomic E-state index is 12.6. The van der Waals surface area contributed by atoms with Crippen LogP contribution in [0.5, 0.6) is 0 Å². The molecule has 1 N–H and O–H groups in total. The molecule has 3 heteroatoms. The molecular formula is C19H24N2O. The van der Waals surface area contributed by atoms with E-state index in [0.717, 1.165) is 42.3 Å². The van der Waals surface area contributed by atoms with E-state index in [0.29, 0.717) is 12.1 Å². The Hall–Kier alpha value is -1.87. The van der Waals surface area contributed by atoms with Gasteiger partial charge in [0.1, 0.15) is 0 Å². The molecule has 3 nitrogen and oxygen atoms in total. The molecule has 1 fully saturated rings. The first-order valence-electron chi connectivity index (χ1n) is 8.18. The summed E-state index contributed by atoms with van der Waals surface area (Å²) in [6, 6.07) is 14.9. The Morgan fingerprint density at radius 2 is 1.77 bits per heavy atom. The van der Waals surface area contributed by atoms with Gasteiger partial charge in [0.05, 0.1) is 0 Å². The van der Waals surface area contributed by atoms with E-state index in [1.165, 1.54) is 0 Å². The number of amides is 1. The van der Waals surface area contributed by atoms with Gasteiger partial charge < -0.3 is 10.2 Å². The van der Waals surface area contributed by atoms with Crippen LogP contribution >= 0.6 is 0 Å². The molecule has 0 aliphatic carbocycles. The van der Waals surface area contributed by atoms with Gasteiger partial charge >= 0.3 is 0 Å². The molecule has 1 amide bonds. The van der Waals surface area contributed by atoms with Gasteiger partial charge in [-0.25, -0.2) is 0 Å². The Morgan fingerprint density at radius 1 is 1.09 bits per heavy atom. The van der Waals surface area contributed by atoms with Crippen molar-refractivity contribution in [1.29, 1.82) is 0 Å². The molecule has 3 rings (SSSR count). The van der Waals surface area contributed by atoms with Crippen molar-refractivity contribution in [3.05, 3.63) is 48.0 Å². The van der Waals surface area contributed by atoms with Crippen LogP contribution in [0.15, 0.2) is 42.5 Å². The van der Waals surface area contributed by atoms with Gasteiger partial charge in [-0.05, 0) is 43.5 Å². The smallest absolute Gasteiger partial charge is 0.252 e. The Bertz CT molecular complexity index is 652. The molecule has 1 aliphatic rings. The first-order valence-corrected chi connectivity index (χ1v) is 8.18. The second kappa shape index (κ2) is 6.49. The molecule has 1 saturated heterocycles. The molecule has 0 aromatic heterocycles. The molecule has 1 heterocycles. The Morgan fingerprint density at radius 3 is 2.50 bits per heavy atom. The Kier molecular flexibility index (Phi) is 4.44.